The molecule has 0 aromatic carbocycles. The standard InChI is InChI=1S/C18H18N8O6/c19-18-25-14-13(16(30)26-18)23-9(7-22-14)6-21-11-3-1-8(5-20-11)15(29)24-10(17(31)32)2-4-12(27)28/h1,3,5,7,10H,2,4,6H2,(H,20,21)(H,24,29)(H,27,28)(H,31,32)(H3,19,22,25,26,30)/t10-/m0/s1. The van der Waals surface area contributed by atoms with Gasteiger partial charge in [0.25, 0.3) is 11.5 Å². The zero-order valence-electron chi connectivity index (χ0n) is 16.4. The van der Waals surface area contributed by atoms with Crippen molar-refractivity contribution in [1.29, 1.82) is 0 Å². The van der Waals surface area contributed by atoms with Crippen LogP contribution in [0, 0.1) is 0 Å². The third kappa shape index (κ3) is 5.50. The van der Waals surface area contributed by atoms with E-state index >= 15 is 0 Å². The molecule has 3 aromatic heterocycles. The van der Waals surface area contributed by atoms with E-state index < -0.39 is 35.9 Å². The topological polar surface area (TPSA) is 226 Å². The zero-order valence-corrected chi connectivity index (χ0v) is 16.4. The molecule has 0 bridgehead atoms. The second-order valence-corrected chi connectivity index (χ2v) is 6.57. The summed E-state index contributed by atoms with van der Waals surface area (Å²) >= 11 is 0. The summed E-state index contributed by atoms with van der Waals surface area (Å²) in [6.45, 7) is 0.168. The Morgan fingerprint density at radius 2 is 1.91 bits per heavy atom. The minimum Gasteiger partial charge on any atom is -0.481 e. The number of nitrogen functional groups attached to an aromatic ring is 1. The molecule has 1 amide bonds. The molecule has 14 nitrogen and oxygen atoms in total. The molecule has 3 rings (SSSR count). The average Bonchev–Trinajstić information content (AvgIpc) is 2.75. The van der Waals surface area contributed by atoms with Gasteiger partial charge < -0.3 is 26.6 Å². The number of hydrogen-bond donors (Lipinski definition) is 6. The van der Waals surface area contributed by atoms with Crippen molar-refractivity contribution in [1.82, 2.24) is 30.2 Å². The van der Waals surface area contributed by atoms with Crippen LogP contribution in [0.2, 0.25) is 0 Å². The first-order valence-electron chi connectivity index (χ1n) is 9.19. The number of hydrogen-bond acceptors (Lipinski definition) is 10. The van der Waals surface area contributed by atoms with Crippen LogP contribution in [0.15, 0.2) is 29.3 Å². The molecule has 7 N–H and O–H groups in total. The van der Waals surface area contributed by atoms with Crippen LogP contribution in [0.4, 0.5) is 11.8 Å². The maximum absolute atomic E-state index is 12.2. The Morgan fingerprint density at radius 1 is 1.12 bits per heavy atom. The third-order valence-corrected chi connectivity index (χ3v) is 4.21. The van der Waals surface area contributed by atoms with Gasteiger partial charge in [-0.2, -0.15) is 4.98 Å². The number of carbonyl (C=O) groups is 3. The minimum absolute atomic E-state index is 0.0364. The van der Waals surface area contributed by atoms with E-state index in [1.165, 1.54) is 24.5 Å². The molecule has 1 atom stereocenters. The number of nitrogens with one attached hydrogen (secondary N) is 3. The molecule has 0 saturated heterocycles. The highest BCUT2D eigenvalue weighted by Gasteiger charge is 2.21. The van der Waals surface area contributed by atoms with E-state index in [1.807, 2.05) is 0 Å². The van der Waals surface area contributed by atoms with Crippen LogP contribution in [0.3, 0.4) is 0 Å². The van der Waals surface area contributed by atoms with E-state index in [4.69, 9.17) is 15.9 Å². The quantitative estimate of drug-likeness (QED) is 0.243. The van der Waals surface area contributed by atoms with Crippen molar-refractivity contribution >= 4 is 40.8 Å². The Bertz CT molecular complexity index is 1230. The number of nitrogens with two attached hydrogens (primary N) is 1. The summed E-state index contributed by atoms with van der Waals surface area (Å²) in [5.41, 5.74) is 5.63. The summed E-state index contributed by atoms with van der Waals surface area (Å²) < 4.78 is 0. The summed E-state index contributed by atoms with van der Waals surface area (Å²) in [5, 5.41) is 23.0. The first kappa shape index (κ1) is 22.1. The molecular weight excluding hydrogens is 424 g/mol. The summed E-state index contributed by atoms with van der Waals surface area (Å²) in [6.07, 6.45) is 2.01. The Morgan fingerprint density at radius 3 is 2.56 bits per heavy atom. The normalized spacial score (nSPS) is 11.6. The van der Waals surface area contributed by atoms with Gasteiger partial charge in [-0.05, 0) is 18.6 Å². The fourth-order valence-electron chi connectivity index (χ4n) is 2.64. The fraction of sp³-hybridized carbons (Fsp3) is 0.222. The van der Waals surface area contributed by atoms with Crippen LogP contribution in [-0.2, 0) is 16.1 Å². The van der Waals surface area contributed by atoms with Crippen LogP contribution in [0.25, 0.3) is 11.2 Å². The number of carboxylic acids is 2. The van der Waals surface area contributed by atoms with Crippen molar-refractivity contribution in [2.45, 2.75) is 25.4 Å². The van der Waals surface area contributed by atoms with Crippen LogP contribution < -0.4 is 21.9 Å². The van der Waals surface area contributed by atoms with Crippen molar-refractivity contribution in [3.8, 4) is 0 Å². The molecule has 0 aliphatic heterocycles. The van der Waals surface area contributed by atoms with Crippen molar-refractivity contribution in [3.63, 3.8) is 0 Å². The lowest BCUT2D eigenvalue weighted by atomic mass is 10.1. The molecule has 0 radical (unpaired) electrons. The maximum atomic E-state index is 12.2. The smallest absolute Gasteiger partial charge is 0.326 e. The highest BCUT2D eigenvalue weighted by Crippen LogP contribution is 2.09. The number of H-pyrrole nitrogens is 1. The van der Waals surface area contributed by atoms with Crippen molar-refractivity contribution in [2.24, 2.45) is 0 Å². The van der Waals surface area contributed by atoms with Gasteiger partial charge in [0.05, 0.1) is 24.0 Å². The third-order valence-electron chi connectivity index (χ3n) is 4.21. The Hall–Kier alpha value is -4.62. The zero-order chi connectivity index (χ0) is 23.3. The molecule has 32 heavy (non-hydrogen) atoms. The largest absolute Gasteiger partial charge is 0.481 e. The number of aliphatic carboxylic acids is 2. The Labute approximate surface area is 178 Å². The lowest BCUT2D eigenvalue weighted by molar-refractivity contribution is -0.140. The van der Waals surface area contributed by atoms with Gasteiger partial charge in [-0.3, -0.25) is 19.4 Å². The van der Waals surface area contributed by atoms with E-state index in [0.29, 0.717) is 11.5 Å². The molecule has 0 spiro atoms. The first-order valence-corrected chi connectivity index (χ1v) is 9.19. The minimum atomic E-state index is -1.34. The number of aromatic amines is 1. The lowest BCUT2D eigenvalue weighted by Crippen LogP contribution is -2.41. The summed E-state index contributed by atoms with van der Waals surface area (Å²) in [4.78, 5) is 64.5. The lowest BCUT2D eigenvalue weighted by Gasteiger charge is -2.13. The van der Waals surface area contributed by atoms with Gasteiger partial charge >= 0.3 is 11.9 Å². The Balaban J connectivity index is 1.62. The van der Waals surface area contributed by atoms with E-state index in [-0.39, 0.29) is 35.6 Å². The maximum Gasteiger partial charge on any atom is 0.326 e. The Kier molecular flexibility index (Phi) is 6.53. The van der Waals surface area contributed by atoms with Gasteiger partial charge in [-0.1, -0.05) is 0 Å². The molecule has 14 heteroatoms. The highest BCUT2D eigenvalue weighted by molar-refractivity contribution is 5.96. The van der Waals surface area contributed by atoms with Crippen LogP contribution in [-0.4, -0.2) is 59.0 Å². The summed E-state index contributed by atoms with van der Waals surface area (Å²) in [5.74, 6) is -2.88. The van der Waals surface area contributed by atoms with Crippen molar-refractivity contribution in [2.75, 3.05) is 11.1 Å². The van der Waals surface area contributed by atoms with Crippen molar-refractivity contribution in [3.05, 3.63) is 46.1 Å². The first-order chi connectivity index (χ1) is 15.2. The molecule has 0 saturated carbocycles. The molecule has 0 aliphatic rings. The average molecular weight is 442 g/mol. The molecule has 166 valence electrons. The van der Waals surface area contributed by atoms with Crippen LogP contribution >= 0.6 is 0 Å². The number of pyridine rings is 1. The van der Waals surface area contributed by atoms with Gasteiger partial charge in [0.1, 0.15) is 11.9 Å². The molecule has 3 heterocycles. The fourth-order valence-corrected chi connectivity index (χ4v) is 2.64. The number of nitrogens with zero attached hydrogens (tertiary/aromatic N) is 4. The number of fused-ring (bicyclic) bond motifs is 1. The monoisotopic (exact) mass is 442 g/mol. The van der Waals surface area contributed by atoms with E-state index in [1.54, 1.807) is 0 Å². The molecule has 0 fully saturated rings. The number of carbonyl (C=O) groups excluding carboxylic acids is 1. The number of rotatable bonds is 9. The molecule has 0 unspecified atom stereocenters. The van der Waals surface area contributed by atoms with E-state index in [2.05, 4.69) is 35.6 Å². The SMILES string of the molecule is Nc1nc2ncc(CNc3ccc(C(=O)N[C@@H](CCC(=O)O)C(=O)O)cn3)nc2c(=O)[nH]1. The second-order valence-electron chi connectivity index (χ2n) is 6.57. The van der Waals surface area contributed by atoms with Crippen molar-refractivity contribution < 1.29 is 24.6 Å². The van der Waals surface area contributed by atoms with E-state index in [0.717, 1.165) is 0 Å². The highest BCUT2D eigenvalue weighted by atomic mass is 16.4. The number of anilines is 2. The van der Waals surface area contributed by atoms with Gasteiger partial charge in [-0.25, -0.2) is 19.7 Å². The number of carboxylic acid groups (broad SMARTS) is 2. The van der Waals surface area contributed by atoms with E-state index in [9.17, 15) is 19.2 Å². The van der Waals surface area contributed by atoms with Crippen LogP contribution in [0.1, 0.15) is 28.9 Å². The summed E-state index contributed by atoms with van der Waals surface area (Å²) in [7, 11) is 0. The molecule has 3 aromatic rings. The number of amides is 1. The number of aromatic nitrogens is 5. The molecular formula is C18H18N8O6. The van der Waals surface area contributed by atoms with Gasteiger partial charge in [0.2, 0.25) is 5.95 Å². The van der Waals surface area contributed by atoms with Gasteiger partial charge in [0.15, 0.2) is 11.2 Å². The predicted octanol–water partition coefficient (Wildman–Crippen LogP) is -0.650. The van der Waals surface area contributed by atoms with Crippen LogP contribution in [0.5, 0.6) is 0 Å². The second kappa shape index (κ2) is 9.46. The predicted molar refractivity (Wildman–Crippen MR) is 110 cm³/mol. The van der Waals surface area contributed by atoms with Gasteiger partial charge in [-0.15, -0.1) is 0 Å². The molecule has 0 aliphatic carbocycles. The summed E-state index contributed by atoms with van der Waals surface area (Å²) in [6, 6.07) is 1.58. The van der Waals surface area contributed by atoms with Gasteiger partial charge in [0, 0.05) is 12.6 Å².